The molecular formula is C26H30N2O6. The quantitative estimate of drug-likeness (QED) is 0.537. The molecular weight excluding hydrogens is 436 g/mol. The van der Waals surface area contributed by atoms with E-state index in [9.17, 15) is 14.7 Å². The number of morpholine rings is 1. The van der Waals surface area contributed by atoms with E-state index in [2.05, 4.69) is 4.90 Å². The van der Waals surface area contributed by atoms with E-state index >= 15 is 0 Å². The van der Waals surface area contributed by atoms with Crippen molar-refractivity contribution >= 4 is 17.8 Å². The van der Waals surface area contributed by atoms with Gasteiger partial charge in [0.25, 0.3) is 5.91 Å². The molecule has 34 heavy (non-hydrogen) atoms. The highest BCUT2D eigenvalue weighted by Crippen LogP contribution is 2.38. The number of hydrogen-bond donors (Lipinski definition) is 1. The predicted octanol–water partition coefficient (Wildman–Crippen LogP) is 3.38. The number of hydrogen-bond acceptors (Lipinski definition) is 7. The highest BCUT2D eigenvalue weighted by molar-refractivity contribution is 6.14. The minimum absolute atomic E-state index is 0.0725. The van der Waals surface area contributed by atoms with Crippen molar-refractivity contribution in [2.24, 2.45) is 0 Å². The van der Waals surface area contributed by atoms with Crippen LogP contribution in [0.25, 0.3) is 6.08 Å². The molecule has 1 N–H and O–H groups in total. The minimum Gasteiger partial charge on any atom is -0.503 e. The van der Waals surface area contributed by atoms with Gasteiger partial charge in [-0.1, -0.05) is 12.1 Å². The second-order valence-electron chi connectivity index (χ2n) is 8.19. The molecule has 2 aromatic rings. The lowest BCUT2D eigenvalue weighted by atomic mass is 9.95. The molecule has 2 aliphatic rings. The third-order valence-corrected chi connectivity index (χ3v) is 6.00. The molecule has 1 aromatic heterocycles. The molecule has 3 heterocycles. The zero-order valence-electron chi connectivity index (χ0n) is 19.3. The van der Waals surface area contributed by atoms with E-state index in [1.807, 2.05) is 31.2 Å². The van der Waals surface area contributed by atoms with Gasteiger partial charge in [0.05, 0.1) is 37.7 Å². The number of rotatable bonds is 10. The van der Waals surface area contributed by atoms with Gasteiger partial charge in [-0.25, -0.2) is 0 Å². The Morgan fingerprint density at radius 1 is 1.18 bits per heavy atom. The standard InChI is InChI=1S/C26H30N2O6/c1-2-33-21-8-6-19(7-9-21)24-23(22(29)11-10-20-5-3-16-34-20)25(30)26(31)28(24)13-4-12-27-14-17-32-18-15-27/h3,5-11,16,24,30H,2,4,12-15,17-18H2,1H3/b11-10+. The number of carbonyl (C=O) groups excluding carboxylic acids is 2. The SMILES string of the molecule is CCOc1ccc(C2C(C(=O)/C=C/c3ccco3)=C(O)C(=O)N2CCCN2CCOCC2)cc1. The van der Waals surface area contributed by atoms with Gasteiger partial charge in [0, 0.05) is 26.2 Å². The van der Waals surface area contributed by atoms with Crippen molar-refractivity contribution in [3.05, 3.63) is 71.4 Å². The second kappa shape index (κ2) is 11.2. The summed E-state index contributed by atoms with van der Waals surface area (Å²) in [5, 5.41) is 10.7. The zero-order valence-corrected chi connectivity index (χ0v) is 19.3. The molecule has 0 aliphatic carbocycles. The first-order valence-corrected chi connectivity index (χ1v) is 11.6. The van der Waals surface area contributed by atoms with Crippen LogP contribution in [0.1, 0.15) is 30.7 Å². The zero-order chi connectivity index (χ0) is 23.9. The molecule has 1 unspecified atom stereocenters. The number of amides is 1. The van der Waals surface area contributed by atoms with E-state index in [0.717, 1.165) is 31.6 Å². The maximum absolute atomic E-state index is 13.1. The lowest BCUT2D eigenvalue weighted by molar-refractivity contribution is -0.129. The van der Waals surface area contributed by atoms with Crippen LogP contribution in [-0.2, 0) is 14.3 Å². The third-order valence-electron chi connectivity index (χ3n) is 6.00. The first-order chi connectivity index (χ1) is 16.6. The lowest BCUT2D eigenvalue weighted by Gasteiger charge is -2.30. The van der Waals surface area contributed by atoms with Crippen LogP contribution in [0.15, 0.2) is 64.5 Å². The molecule has 1 atom stereocenters. The maximum Gasteiger partial charge on any atom is 0.290 e. The van der Waals surface area contributed by atoms with Crippen molar-refractivity contribution in [2.45, 2.75) is 19.4 Å². The molecule has 0 spiro atoms. The van der Waals surface area contributed by atoms with Crippen molar-refractivity contribution in [1.29, 1.82) is 0 Å². The van der Waals surface area contributed by atoms with E-state index in [4.69, 9.17) is 13.9 Å². The van der Waals surface area contributed by atoms with Gasteiger partial charge in [0.15, 0.2) is 11.5 Å². The number of aliphatic hydroxyl groups excluding tert-OH is 1. The molecule has 1 fully saturated rings. The van der Waals surface area contributed by atoms with Crippen LogP contribution in [0.4, 0.5) is 0 Å². The van der Waals surface area contributed by atoms with E-state index in [0.29, 0.717) is 37.9 Å². The van der Waals surface area contributed by atoms with Gasteiger partial charge >= 0.3 is 0 Å². The Balaban J connectivity index is 1.57. The number of ether oxygens (including phenoxy) is 2. The molecule has 2 aliphatic heterocycles. The number of furan rings is 1. The number of nitrogens with zero attached hydrogens (tertiary/aromatic N) is 2. The van der Waals surface area contributed by atoms with Gasteiger partial charge in [0.2, 0.25) is 0 Å². The Morgan fingerprint density at radius 3 is 2.62 bits per heavy atom. The van der Waals surface area contributed by atoms with Crippen LogP contribution >= 0.6 is 0 Å². The monoisotopic (exact) mass is 466 g/mol. The largest absolute Gasteiger partial charge is 0.503 e. The Bertz CT molecular complexity index is 1040. The molecule has 8 heteroatoms. The topological polar surface area (TPSA) is 92.5 Å². The van der Waals surface area contributed by atoms with Crippen molar-refractivity contribution in [2.75, 3.05) is 46.0 Å². The predicted molar refractivity (Wildman–Crippen MR) is 126 cm³/mol. The van der Waals surface area contributed by atoms with Crippen molar-refractivity contribution < 1.29 is 28.6 Å². The molecule has 180 valence electrons. The summed E-state index contributed by atoms with van der Waals surface area (Å²) in [7, 11) is 0. The number of ketones is 1. The summed E-state index contributed by atoms with van der Waals surface area (Å²) in [5.74, 6) is -0.252. The summed E-state index contributed by atoms with van der Waals surface area (Å²) in [5.41, 5.74) is 0.810. The number of carbonyl (C=O) groups is 2. The normalized spacial score (nSPS) is 19.4. The van der Waals surface area contributed by atoms with Crippen LogP contribution in [0.5, 0.6) is 5.75 Å². The van der Waals surface area contributed by atoms with Gasteiger partial charge in [-0.15, -0.1) is 0 Å². The Hall–Kier alpha value is -3.36. The average molecular weight is 467 g/mol. The summed E-state index contributed by atoms with van der Waals surface area (Å²) < 4.78 is 16.2. The molecule has 1 amide bonds. The molecule has 0 radical (unpaired) electrons. The second-order valence-corrected chi connectivity index (χ2v) is 8.19. The van der Waals surface area contributed by atoms with Gasteiger partial charge in [-0.05, 0) is 55.3 Å². The number of benzene rings is 1. The summed E-state index contributed by atoms with van der Waals surface area (Å²) in [4.78, 5) is 30.1. The fraction of sp³-hybridized carbons (Fsp3) is 0.385. The summed E-state index contributed by atoms with van der Waals surface area (Å²) in [6.45, 7) is 6.81. The molecule has 1 saturated heterocycles. The highest BCUT2D eigenvalue weighted by atomic mass is 16.5. The van der Waals surface area contributed by atoms with Crippen molar-refractivity contribution in [3.63, 3.8) is 0 Å². The van der Waals surface area contributed by atoms with Crippen LogP contribution in [0, 0.1) is 0 Å². The van der Waals surface area contributed by atoms with Crippen LogP contribution in [-0.4, -0.2) is 72.6 Å². The van der Waals surface area contributed by atoms with Crippen LogP contribution < -0.4 is 4.74 Å². The van der Waals surface area contributed by atoms with E-state index in [1.165, 1.54) is 18.4 Å². The van der Waals surface area contributed by atoms with Gasteiger partial charge in [-0.2, -0.15) is 0 Å². The highest BCUT2D eigenvalue weighted by Gasteiger charge is 2.42. The Kier molecular flexibility index (Phi) is 7.82. The van der Waals surface area contributed by atoms with E-state index < -0.39 is 23.5 Å². The first kappa shape index (κ1) is 23.8. The molecule has 0 bridgehead atoms. The third kappa shape index (κ3) is 5.40. The van der Waals surface area contributed by atoms with Crippen LogP contribution in [0.3, 0.4) is 0 Å². The fourth-order valence-corrected chi connectivity index (χ4v) is 4.32. The average Bonchev–Trinajstić information content (AvgIpc) is 3.46. The smallest absolute Gasteiger partial charge is 0.290 e. The number of allylic oxidation sites excluding steroid dienone is 1. The Labute approximate surface area is 199 Å². The van der Waals surface area contributed by atoms with Gasteiger partial charge < -0.3 is 23.9 Å². The lowest BCUT2D eigenvalue weighted by Crippen LogP contribution is -2.39. The maximum atomic E-state index is 13.1. The number of aliphatic hydroxyl groups is 1. The van der Waals surface area contributed by atoms with Gasteiger partial charge in [0.1, 0.15) is 11.5 Å². The van der Waals surface area contributed by atoms with Crippen LogP contribution in [0.2, 0.25) is 0 Å². The first-order valence-electron chi connectivity index (χ1n) is 11.6. The van der Waals surface area contributed by atoms with Crippen molar-refractivity contribution in [3.8, 4) is 5.75 Å². The summed E-state index contributed by atoms with van der Waals surface area (Å²) in [6.07, 6.45) is 5.09. The summed E-state index contributed by atoms with van der Waals surface area (Å²) in [6, 6.07) is 10.1. The van der Waals surface area contributed by atoms with Crippen molar-refractivity contribution in [1.82, 2.24) is 9.80 Å². The molecule has 0 saturated carbocycles. The Morgan fingerprint density at radius 2 is 1.94 bits per heavy atom. The minimum atomic E-state index is -0.679. The molecule has 4 rings (SSSR count). The van der Waals surface area contributed by atoms with E-state index in [1.54, 1.807) is 17.0 Å². The van der Waals surface area contributed by atoms with Gasteiger partial charge in [-0.3, -0.25) is 14.5 Å². The fourth-order valence-electron chi connectivity index (χ4n) is 4.32. The summed E-state index contributed by atoms with van der Waals surface area (Å²) >= 11 is 0. The van der Waals surface area contributed by atoms with E-state index in [-0.39, 0.29) is 5.57 Å². The molecule has 8 nitrogen and oxygen atoms in total. The molecule has 1 aromatic carbocycles.